The van der Waals surface area contributed by atoms with Crippen molar-refractivity contribution in [3.8, 4) is 0 Å². The summed E-state index contributed by atoms with van der Waals surface area (Å²) in [6, 6.07) is 0. The molecule has 1 aromatic rings. The predicted octanol–water partition coefficient (Wildman–Crippen LogP) is 0.292. The van der Waals surface area contributed by atoms with Gasteiger partial charge in [0.25, 0.3) is 0 Å². The van der Waals surface area contributed by atoms with Crippen LogP contribution in [0, 0.1) is 0 Å². The van der Waals surface area contributed by atoms with Gasteiger partial charge in [-0.05, 0) is 15.9 Å². The molecular formula is C7H8BrN3O2S. The summed E-state index contributed by atoms with van der Waals surface area (Å²) in [5.41, 5.74) is 6.91. The molecule has 1 aliphatic rings. The zero-order chi connectivity index (χ0) is 10.3. The number of aromatic nitrogens is 2. The molecule has 0 fully saturated rings. The zero-order valence-electron chi connectivity index (χ0n) is 7.20. The average molecular weight is 278 g/mol. The molecule has 0 saturated carbocycles. The van der Waals surface area contributed by atoms with E-state index in [2.05, 4.69) is 25.9 Å². The molecule has 76 valence electrons. The lowest BCUT2D eigenvalue weighted by atomic mass is 10.2. The fourth-order valence-electron chi connectivity index (χ4n) is 1.43. The highest BCUT2D eigenvalue weighted by Crippen LogP contribution is 2.24. The Balaban J connectivity index is 2.58. The van der Waals surface area contributed by atoms with Gasteiger partial charge in [0, 0.05) is 12.0 Å². The maximum absolute atomic E-state index is 11.3. The highest BCUT2D eigenvalue weighted by atomic mass is 79.9. The van der Waals surface area contributed by atoms with E-state index in [1.165, 1.54) is 0 Å². The summed E-state index contributed by atoms with van der Waals surface area (Å²) in [6.07, 6.45) is 0.420. The summed E-state index contributed by atoms with van der Waals surface area (Å²) in [5, 5.41) is 0. The molecule has 2 N–H and O–H groups in total. The van der Waals surface area contributed by atoms with Crippen LogP contribution < -0.4 is 5.73 Å². The van der Waals surface area contributed by atoms with Crippen LogP contribution in [0.2, 0.25) is 0 Å². The van der Waals surface area contributed by atoms with Gasteiger partial charge < -0.3 is 5.73 Å². The van der Waals surface area contributed by atoms with E-state index in [0.29, 0.717) is 16.7 Å². The van der Waals surface area contributed by atoms with Crippen molar-refractivity contribution in [1.82, 2.24) is 9.97 Å². The van der Waals surface area contributed by atoms with E-state index in [0.717, 1.165) is 5.69 Å². The quantitative estimate of drug-likeness (QED) is 0.689. The standard InChI is InChI=1S/C7H8BrN3O2S/c8-7-10-5-1-2-14(12,13)3-4(5)6(9)11-7/h1-3H2,(H2,9,10,11). The number of fused-ring (bicyclic) bond motifs is 1. The van der Waals surface area contributed by atoms with Gasteiger partial charge in [-0.25, -0.2) is 18.4 Å². The summed E-state index contributed by atoms with van der Waals surface area (Å²) in [4.78, 5) is 7.97. The van der Waals surface area contributed by atoms with Gasteiger partial charge in [0.15, 0.2) is 14.6 Å². The Kier molecular flexibility index (Phi) is 2.23. The van der Waals surface area contributed by atoms with Crippen LogP contribution in [0.5, 0.6) is 0 Å². The van der Waals surface area contributed by atoms with Crippen LogP contribution in [0.25, 0.3) is 0 Å². The number of aryl methyl sites for hydroxylation is 1. The van der Waals surface area contributed by atoms with E-state index in [9.17, 15) is 8.42 Å². The molecule has 0 spiro atoms. The van der Waals surface area contributed by atoms with Crippen molar-refractivity contribution in [3.05, 3.63) is 16.0 Å². The second kappa shape index (κ2) is 3.16. The fraction of sp³-hybridized carbons (Fsp3) is 0.429. The van der Waals surface area contributed by atoms with E-state index in [1.54, 1.807) is 0 Å². The summed E-state index contributed by atoms with van der Waals surface area (Å²) in [5.74, 6) is 0.356. The first kappa shape index (κ1) is 9.85. The van der Waals surface area contributed by atoms with Crippen LogP contribution >= 0.6 is 15.9 Å². The molecule has 0 atom stereocenters. The molecule has 2 rings (SSSR count). The lowest BCUT2D eigenvalue weighted by Crippen LogP contribution is -2.22. The summed E-state index contributed by atoms with van der Waals surface area (Å²) >= 11 is 3.12. The Morgan fingerprint density at radius 2 is 2.07 bits per heavy atom. The van der Waals surface area contributed by atoms with Gasteiger partial charge in [-0.3, -0.25) is 0 Å². The van der Waals surface area contributed by atoms with Gasteiger partial charge in [0.2, 0.25) is 0 Å². The van der Waals surface area contributed by atoms with Crippen LogP contribution in [0.15, 0.2) is 4.73 Å². The second-order valence-electron chi connectivity index (χ2n) is 3.15. The molecule has 0 bridgehead atoms. The summed E-state index contributed by atoms with van der Waals surface area (Å²) < 4.78 is 23.1. The van der Waals surface area contributed by atoms with Gasteiger partial charge in [0.05, 0.1) is 17.2 Å². The van der Waals surface area contributed by atoms with Crippen LogP contribution in [0.3, 0.4) is 0 Å². The monoisotopic (exact) mass is 277 g/mol. The first-order valence-corrected chi connectivity index (χ1v) is 6.60. The number of halogens is 1. The Bertz CT molecular complexity index is 486. The van der Waals surface area contributed by atoms with Crippen molar-refractivity contribution < 1.29 is 8.42 Å². The highest BCUT2D eigenvalue weighted by molar-refractivity contribution is 9.10. The third-order valence-corrected chi connectivity index (χ3v) is 4.02. The van der Waals surface area contributed by atoms with E-state index < -0.39 is 9.84 Å². The third-order valence-electron chi connectivity index (χ3n) is 2.11. The van der Waals surface area contributed by atoms with Gasteiger partial charge in [-0.1, -0.05) is 0 Å². The van der Waals surface area contributed by atoms with Gasteiger partial charge >= 0.3 is 0 Å². The molecule has 0 unspecified atom stereocenters. The smallest absolute Gasteiger partial charge is 0.198 e. The van der Waals surface area contributed by atoms with Crippen LogP contribution in [-0.2, 0) is 22.0 Å². The summed E-state index contributed by atoms with van der Waals surface area (Å²) in [7, 11) is -3.01. The van der Waals surface area contributed by atoms with Gasteiger partial charge in [-0.15, -0.1) is 0 Å². The van der Waals surface area contributed by atoms with Crippen LogP contribution in [-0.4, -0.2) is 24.1 Å². The number of nitrogens with zero attached hydrogens (tertiary/aromatic N) is 2. The van der Waals surface area contributed by atoms with E-state index in [1.807, 2.05) is 0 Å². The second-order valence-corrected chi connectivity index (χ2v) is 6.04. The van der Waals surface area contributed by atoms with Crippen LogP contribution in [0.1, 0.15) is 11.3 Å². The largest absolute Gasteiger partial charge is 0.383 e. The van der Waals surface area contributed by atoms with Crippen molar-refractivity contribution >= 4 is 31.6 Å². The molecule has 2 heterocycles. The van der Waals surface area contributed by atoms with Gasteiger partial charge in [0.1, 0.15) is 5.82 Å². The molecular weight excluding hydrogens is 270 g/mol. The maximum Gasteiger partial charge on any atom is 0.198 e. The molecule has 0 saturated heterocycles. The number of nitrogens with two attached hydrogens (primary N) is 1. The minimum Gasteiger partial charge on any atom is -0.383 e. The predicted molar refractivity (Wildman–Crippen MR) is 55.3 cm³/mol. The normalized spacial score (nSPS) is 18.9. The number of sulfone groups is 1. The van der Waals surface area contributed by atoms with E-state index in [4.69, 9.17) is 5.73 Å². The topological polar surface area (TPSA) is 85.9 Å². The first-order valence-electron chi connectivity index (χ1n) is 3.99. The number of hydrogen-bond donors (Lipinski definition) is 1. The molecule has 14 heavy (non-hydrogen) atoms. The molecule has 7 heteroatoms. The number of nitrogen functional groups attached to an aromatic ring is 1. The molecule has 0 radical (unpaired) electrons. The first-order chi connectivity index (χ1) is 6.48. The van der Waals surface area contributed by atoms with Crippen LogP contribution in [0.4, 0.5) is 5.82 Å². The Morgan fingerprint density at radius 3 is 2.79 bits per heavy atom. The minimum atomic E-state index is -3.01. The molecule has 0 aliphatic carbocycles. The molecule has 1 aromatic heterocycles. The number of rotatable bonds is 0. The Labute approximate surface area is 89.8 Å². The lowest BCUT2D eigenvalue weighted by molar-refractivity contribution is 0.590. The third kappa shape index (κ3) is 1.74. The Morgan fingerprint density at radius 1 is 1.36 bits per heavy atom. The average Bonchev–Trinajstić information content (AvgIpc) is 2.06. The fourth-order valence-corrected chi connectivity index (χ4v) is 3.23. The van der Waals surface area contributed by atoms with Crippen molar-refractivity contribution in [2.75, 3.05) is 11.5 Å². The lowest BCUT2D eigenvalue weighted by Gasteiger charge is -2.16. The van der Waals surface area contributed by atoms with Crippen molar-refractivity contribution in [2.45, 2.75) is 12.2 Å². The number of anilines is 1. The molecule has 1 aliphatic heterocycles. The zero-order valence-corrected chi connectivity index (χ0v) is 9.60. The minimum absolute atomic E-state index is 0.0402. The van der Waals surface area contributed by atoms with Crippen molar-refractivity contribution in [2.24, 2.45) is 0 Å². The van der Waals surface area contributed by atoms with Crippen molar-refractivity contribution in [1.29, 1.82) is 0 Å². The SMILES string of the molecule is Nc1nc(Br)nc2c1CS(=O)(=O)CC2. The molecule has 5 nitrogen and oxygen atoms in total. The maximum atomic E-state index is 11.3. The molecule has 0 aromatic carbocycles. The van der Waals surface area contributed by atoms with Crippen molar-refractivity contribution in [3.63, 3.8) is 0 Å². The highest BCUT2D eigenvalue weighted by Gasteiger charge is 2.25. The Hall–Kier alpha value is -0.690. The van der Waals surface area contributed by atoms with Gasteiger partial charge in [-0.2, -0.15) is 0 Å². The van der Waals surface area contributed by atoms with E-state index >= 15 is 0 Å². The van der Waals surface area contributed by atoms with E-state index in [-0.39, 0.29) is 17.3 Å². The molecule has 0 amide bonds. The summed E-state index contributed by atoms with van der Waals surface area (Å²) in [6.45, 7) is 0. The number of hydrogen-bond acceptors (Lipinski definition) is 5.